The summed E-state index contributed by atoms with van der Waals surface area (Å²) in [5, 5.41) is 7.30. The highest BCUT2D eigenvalue weighted by atomic mass is 35.5. The maximum atomic E-state index is 7.30. The molecule has 0 saturated carbocycles. The van der Waals surface area contributed by atoms with Crippen molar-refractivity contribution in [1.29, 1.82) is 5.41 Å². The highest BCUT2D eigenvalue weighted by Gasteiger charge is 1.94. The van der Waals surface area contributed by atoms with Crippen molar-refractivity contribution in [2.75, 3.05) is 0 Å². The smallest absolute Gasteiger partial charge is 0.122 e. The van der Waals surface area contributed by atoms with Crippen LogP contribution in [0.4, 0.5) is 0 Å². The van der Waals surface area contributed by atoms with E-state index in [0.29, 0.717) is 0 Å². The molecule has 0 radical (unpaired) electrons. The number of amidine groups is 1. The van der Waals surface area contributed by atoms with Crippen LogP contribution in [0.1, 0.15) is 16.7 Å². The lowest BCUT2D eigenvalue weighted by atomic mass is 10.1. The minimum absolute atomic E-state index is 0. The largest absolute Gasteiger partial charge is 0.384 e. The summed E-state index contributed by atoms with van der Waals surface area (Å²) in [5.41, 5.74) is 8.41. The number of rotatable bonds is 3. The van der Waals surface area contributed by atoms with Gasteiger partial charge in [-0.2, -0.15) is 0 Å². The highest BCUT2D eigenvalue weighted by molar-refractivity contribution is 5.95. The molecule has 0 heterocycles. The van der Waals surface area contributed by atoms with Crippen LogP contribution in [0.5, 0.6) is 0 Å². The lowest BCUT2D eigenvalue weighted by Gasteiger charge is -1.98. The molecule has 0 atom stereocenters. The molecule has 18 heavy (non-hydrogen) atoms. The zero-order valence-electron chi connectivity index (χ0n) is 9.84. The molecular weight excluding hydrogens is 244 g/mol. The van der Waals surface area contributed by atoms with Gasteiger partial charge in [0, 0.05) is 5.56 Å². The number of hydrogen-bond acceptors (Lipinski definition) is 1. The SMILES string of the molecule is Cl.N=C(N)c1ccc(/C=C/c2ccccc2)cc1. The van der Waals surface area contributed by atoms with Crippen LogP contribution in [0.3, 0.4) is 0 Å². The molecule has 0 bridgehead atoms. The minimum Gasteiger partial charge on any atom is -0.384 e. The Labute approximate surface area is 113 Å². The van der Waals surface area contributed by atoms with Crippen LogP contribution < -0.4 is 5.73 Å². The van der Waals surface area contributed by atoms with Gasteiger partial charge in [-0.1, -0.05) is 66.7 Å². The molecule has 3 heteroatoms. The second kappa shape index (κ2) is 6.62. The van der Waals surface area contributed by atoms with Crippen molar-refractivity contribution in [1.82, 2.24) is 0 Å². The van der Waals surface area contributed by atoms with Gasteiger partial charge in [0.15, 0.2) is 0 Å². The van der Waals surface area contributed by atoms with Gasteiger partial charge in [-0.25, -0.2) is 0 Å². The van der Waals surface area contributed by atoms with Gasteiger partial charge in [0.05, 0.1) is 0 Å². The second-order valence-electron chi connectivity index (χ2n) is 3.78. The molecular formula is C15H15ClN2. The third-order valence-corrected chi connectivity index (χ3v) is 2.49. The number of hydrogen-bond donors (Lipinski definition) is 2. The predicted molar refractivity (Wildman–Crippen MR) is 80.1 cm³/mol. The summed E-state index contributed by atoms with van der Waals surface area (Å²) in [6, 6.07) is 17.8. The van der Waals surface area contributed by atoms with Gasteiger partial charge in [-0.3, -0.25) is 5.41 Å². The fourth-order valence-electron chi connectivity index (χ4n) is 1.53. The van der Waals surface area contributed by atoms with Crippen LogP contribution in [-0.4, -0.2) is 5.84 Å². The first-order valence-electron chi connectivity index (χ1n) is 5.43. The molecule has 0 unspecified atom stereocenters. The zero-order valence-corrected chi connectivity index (χ0v) is 10.7. The third kappa shape index (κ3) is 3.75. The Kier molecular flexibility index (Phi) is 5.15. The Bertz CT molecular complexity index is 530. The molecule has 2 aromatic rings. The fourth-order valence-corrected chi connectivity index (χ4v) is 1.53. The molecule has 0 fully saturated rings. The van der Waals surface area contributed by atoms with E-state index in [4.69, 9.17) is 11.1 Å². The molecule has 0 amide bonds. The average Bonchev–Trinajstić information content (AvgIpc) is 2.38. The lowest BCUT2D eigenvalue weighted by Crippen LogP contribution is -2.10. The molecule has 2 aromatic carbocycles. The van der Waals surface area contributed by atoms with Crippen molar-refractivity contribution in [3.63, 3.8) is 0 Å². The van der Waals surface area contributed by atoms with Gasteiger partial charge in [0.1, 0.15) is 5.84 Å². The number of nitrogens with two attached hydrogens (primary N) is 1. The van der Waals surface area contributed by atoms with Crippen LogP contribution in [-0.2, 0) is 0 Å². The molecule has 3 N–H and O–H groups in total. The van der Waals surface area contributed by atoms with E-state index in [2.05, 4.69) is 18.2 Å². The van der Waals surface area contributed by atoms with Crippen molar-refractivity contribution in [2.24, 2.45) is 5.73 Å². The van der Waals surface area contributed by atoms with Crippen molar-refractivity contribution in [2.45, 2.75) is 0 Å². The molecule has 0 saturated heterocycles. The number of nitrogen functional groups attached to an aromatic ring is 1. The predicted octanol–water partition coefficient (Wildman–Crippen LogP) is 3.56. The summed E-state index contributed by atoms with van der Waals surface area (Å²) in [6.45, 7) is 0. The monoisotopic (exact) mass is 258 g/mol. The van der Waals surface area contributed by atoms with Crippen molar-refractivity contribution in [3.05, 3.63) is 71.3 Å². The molecule has 0 aromatic heterocycles. The quantitative estimate of drug-likeness (QED) is 0.494. The van der Waals surface area contributed by atoms with E-state index in [9.17, 15) is 0 Å². The van der Waals surface area contributed by atoms with Crippen LogP contribution in [0.25, 0.3) is 12.2 Å². The molecule has 0 aliphatic heterocycles. The summed E-state index contributed by atoms with van der Waals surface area (Å²) in [7, 11) is 0. The third-order valence-electron chi connectivity index (χ3n) is 2.49. The van der Waals surface area contributed by atoms with Gasteiger partial charge in [-0.15, -0.1) is 12.4 Å². The van der Waals surface area contributed by atoms with E-state index in [-0.39, 0.29) is 18.2 Å². The minimum atomic E-state index is 0. The summed E-state index contributed by atoms with van der Waals surface area (Å²) < 4.78 is 0. The summed E-state index contributed by atoms with van der Waals surface area (Å²) >= 11 is 0. The fraction of sp³-hybridized carbons (Fsp3) is 0. The topological polar surface area (TPSA) is 49.9 Å². The zero-order chi connectivity index (χ0) is 12.1. The van der Waals surface area contributed by atoms with Gasteiger partial charge in [0.25, 0.3) is 0 Å². The molecule has 92 valence electrons. The van der Waals surface area contributed by atoms with Crippen molar-refractivity contribution in [3.8, 4) is 0 Å². The Balaban J connectivity index is 0.00000162. The Morgan fingerprint density at radius 2 is 1.33 bits per heavy atom. The summed E-state index contributed by atoms with van der Waals surface area (Å²) in [6.07, 6.45) is 4.10. The standard InChI is InChI=1S/C15H14N2.ClH/c16-15(17)14-10-8-13(9-11-14)7-6-12-4-2-1-3-5-12;/h1-11H,(H3,16,17);1H/b7-6+;. The maximum absolute atomic E-state index is 7.30. The summed E-state index contributed by atoms with van der Waals surface area (Å²) in [5.74, 6) is 0.101. The van der Waals surface area contributed by atoms with E-state index in [1.165, 1.54) is 5.56 Å². The Hall–Kier alpha value is -2.06. The normalized spacial score (nSPS) is 10.0. The summed E-state index contributed by atoms with van der Waals surface area (Å²) in [4.78, 5) is 0. The van der Waals surface area contributed by atoms with E-state index >= 15 is 0 Å². The second-order valence-corrected chi connectivity index (χ2v) is 3.78. The number of nitrogens with one attached hydrogen (secondary N) is 1. The van der Waals surface area contributed by atoms with Gasteiger partial charge >= 0.3 is 0 Å². The van der Waals surface area contributed by atoms with Crippen LogP contribution in [0.2, 0.25) is 0 Å². The lowest BCUT2D eigenvalue weighted by molar-refractivity contribution is 1.42. The van der Waals surface area contributed by atoms with Crippen molar-refractivity contribution >= 4 is 30.4 Å². The molecule has 0 aliphatic carbocycles. The number of halogens is 1. The highest BCUT2D eigenvalue weighted by Crippen LogP contribution is 2.09. The first-order valence-corrected chi connectivity index (χ1v) is 5.43. The van der Waals surface area contributed by atoms with E-state index in [1.807, 2.05) is 48.5 Å². The Morgan fingerprint density at radius 3 is 1.83 bits per heavy atom. The van der Waals surface area contributed by atoms with Crippen LogP contribution >= 0.6 is 12.4 Å². The molecule has 0 spiro atoms. The Morgan fingerprint density at radius 1 is 0.833 bits per heavy atom. The van der Waals surface area contributed by atoms with Crippen LogP contribution in [0.15, 0.2) is 54.6 Å². The molecule has 2 nitrogen and oxygen atoms in total. The maximum Gasteiger partial charge on any atom is 0.122 e. The van der Waals surface area contributed by atoms with Gasteiger partial charge in [0.2, 0.25) is 0 Å². The van der Waals surface area contributed by atoms with Gasteiger partial charge < -0.3 is 5.73 Å². The molecule has 0 aliphatic rings. The number of benzene rings is 2. The van der Waals surface area contributed by atoms with E-state index in [0.717, 1.165) is 11.1 Å². The van der Waals surface area contributed by atoms with E-state index < -0.39 is 0 Å². The van der Waals surface area contributed by atoms with Gasteiger partial charge in [-0.05, 0) is 11.1 Å². The van der Waals surface area contributed by atoms with Crippen molar-refractivity contribution < 1.29 is 0 Å². The first-order chi connectivity index (χ1) is 8.25. The van der Waals surface area contributed by atoms with Crippen LogP contribution in [0, 0.1) is 5.41 Å². The van der Waals surface area contributed by atoms with E-state index in [1.54, 1.807) is 0 Å². The first kappa shape index (κ1) is 14.0. The molecule has 2 rings (SSSR count). The average molecular weight is 259 g/mol.